The molecule has 1 N–H and O–H groups in total. The Morgan fingerprint density at radius 2 is 1.67 bits per heavy atom. The van der Waals surface area contributed by atoms with Gasteiger partial charge in [0.05, 0.1) is 13.7 Å². The fourth-order valence-corrected chi connectivity index (χ4v) is 2.21. The Morgan fingerprint density at radius 1 is 1.00 bits per heavy atom. The zero-order chi connectivity index (χ0) is 13.1. The molecule has 0 spiro atoms. The first-order valence-electron chi connectivity index (χ1n) is 6.00. The summed E-state index contributed by atoms with van der Waals surface area (Å²) in [5.41, 5.74) is 5.49. The Balaban J connectivity index is 2.60. The Morgan fingerprint density at radius 3 is 2.22 bits per heavy atom. The van der Waals surface area contributed by atoms with E-state index >= 15 is 0 Å². The van der Waals surface area contributed by atoms with Crippen LogP contribution in [-0.2, 0) is 6.61 Å². The van der Waals surface area contributed by atoms with E-state index in [-0.39, 0.29) is 6.61 Å². The molecule has 2 heteroatoms. The maximum atomic E-state index is 9.24. The van der Waals surface area contributed by atoms with Crippen LogP contribution in [-0.4, -0.2) is 12.2 Å². The summed E-state index contributed by atoms with van der Waals surface area (Å²) in [4.78, 5) is 0. The molecule has 2 aromatic rings. The molecule has 0 saturated carbocycles. The minimum atomic E-state index is 0.0434. The third-order valence-electron chi connectivity index (χ3n) is 2.98. The van der Waals surface area contributed by atoms with Crippen molar-refractivity contribution in [1.29, 1.82) is 0 Å². The number of rotatable bonds is 3. The summed E-state index contributed by atoms with van der Waals surface area (Å²) >= 11 is 0. The first kappa shape index (κ1) is 12.7. The smallest absolute Gasteiger partial charge is 0.126 e. The number of hydrogen-bond donors (Lipinski definition) is 1. The van der Waals surface area contributed by atoms with Gasteiger partial charge in [-0.3, -0.25) is 0 Å². The van der Waals surface area contributed by atoms with Crippen LogP contribution in [0.2, 0.25) is 0 Å². The fraction of sp³-hybridized carbons (Fsp3) is 0.250. The van der Waals surface area contributed by atoms with Gasteiger partial charge in [-0.15, -0.1) is 0 Å². The van der Waals surface area contributed by atoms with Crippen molar-refractivity contribution < 1.29 is 9.84 Å². The molecular weight excluding hydrogens is 224 g/mol. The lowest BCUT2D eigenvalue weighted by atomic mass is 9.98. The Bertz CT molecular complexity index is 539. The quantitative estimate of drug-likeness (QED) is 0.893. The lowest BCUT2D eigenvalue weighted by molar-refractivity contribution is 0.281. The SMILES string of the molecule is COc1ccc(CO)cc1-c1cc(C)cc(C)c1. The van der Waals surface area contributed by atoms with Gasteiger partial charge in [-0.25, -0.2) is 0 Å². The lowest BCUT2D eigenvalue weighted by Crippen LogP contribution is -1.92. The molecule has 0 unspecified atom stereocenters. The lowest BCUT2D eigenvalue weighted by Gasteiger charge is -2.11. The van der Waals surface area contributed by atoms with Gasteiger partial charge < -0.3 is 9.84 Å². The van der Waals surface area contributed by atoms with Gasteiger partial charge in [0.2, 0.25) is 0 Å². The van der Waals surface area contributed by atoms with Gasteiger partial charge in [0.25, 0.3) is 0 Å². The second kappa shape index (κ2) is 5.23. The topological polar surface area (TPSA) is 29.5 Å². The molecule has 0 aliphatic carbocycles. The van der Waals surface area contributed by atoms with Gasteiger partial charge in [0.15, 0.2) is 0 Å². The predicted molar refractivity (Wildman–Crippen MR) is 73.8 cm³/mol. The summed E-state index contributed by atoms with van der Waals surface area (Å²) in [5.74, 6) is 0.831. The van der Waals surface area contributed by atoms with Crippen LogP contribution >= 0.6 is 0 Å². The van der Waals surface area contributed by atoms with Gasteiger partial charge in [-0.2, -0.15) is 0 Å². The third kappa shape index (κ3) is 2.54. The second-order valence-corrected chi connectivity index (χ2v) is 4.57. The number of methoxy groups -OCH3 is 1. The summed E-state index contributed by atoms with van der Waals surface area (Å²) in [6.07, 6.45) is 0. The van der Waals surface area contributed by atoms with E-state index in [9.17, 15) is 5.11 Å². The van der Waals surface area contributed by atoms with E-state index in [1.807, 2.05) is 18.2 Å². The highest BCUT2D eigenvalue weighted by Crippen LogP contribution is 2.32. The minimum absolute atomic E-state index is 0.0434. The molecular formula is C16H18O2. The van der Waals surface area contributed by atoms with Crippen molar-refractivity contribution in [3.8, 4) is 16.9 Å². The van der Waals surface area contributed by atoms with E-state index in [1.54, 1.807) is 7.11 Å². The number of aliphatic hydroxyl groups is 1. The summed E-state index contributed by atoms with van der Waals surface area (Å²) in [6, 6.07) is 12.2. The normalized spacial score (nSPS) is 10.4. The molecule has 0 aromatic heterocycles. The molecule has 18 heavy (non-hydrogen) atoms. The molecule has 0 atom stereocenters. The van der Waals surface area contributed by atoms with E-state index in [2.05, 4.69) is 32.0 Å². The fourth-order valence-electron chi connectivity index (χ4n) is 2.21. The largest absolute Gasteiger partial charge is 0.496 e. The summed E-state index contributed by atoms with van der Waals surface area (Å²) < 4.78 is 5.40. The maximum Gasteiger partial charge on any atom is 0.126 e. The molecule has 2 aromatic carbocycles. The highest BCUT2D eigenvalue weighted by molar-refractivity contribution is 5.72. The monoisotopic (exact) mass is 242 g/mol. The molecule has 94 valence electrons. The molecule has 0 aliphatic heterocycles. The van der Waals surface area contributed by atoms with Crippen molar-refractivity contribution in [2.45, 2.75) is 20.5 Å². The second-order valence-electron chi connectivity index (χ2n) is 4.57. The zero-order valence-corrected chi connectivity index (χ0v) is 11.0. The van der Waals surface area contributed by atoms with Crippen LogP contribution in [0.5, 0.6) is 5.75 Å². The highest BCUT2D eigenvalue weighted by atomic mass is 16.5. The zero-order valence-electron chi connectivity index (χ0n) is 11.0. The molecule has 0 aliphatic rings. The molecule has 2 nitrogen and oxygen atoms in total. The van der Waals surface area contributed by atoms with Crippen LogP contribution in [0, 0.1) is 13.8 Å². The Kier molecular flexibility index (Phi) is 3.68. The average molecular weight is 242 g/mol. The van der Waals surface area contributed by atoms with Gasteiger partial charge in [0.1, 0.15) is 5.75 Å². The van der Waals surface area contributed by atoms with Crippen molar-refractivity contribution in [2.24, 2.45) is 0 Å². The van der Waals surface area contributed by atoms with Crippen LogP contribution in [0.15, 0.2) is 36.4 Å². The number of aryl methyl sites for hydroxylation is 2. The van der Waals surface area contributed by atoms with Gasteiger partial charge >= 0.3 is 0 Å². The minimum Gasteiger partial charge on any atom is -0.496 e. The van der Waals surface area contributed by atoms with Crippen molar-refractivity contribution >= 4 is 0 Å². The summed E-state index contributed by atoms with van der Waals surface area (Å²) in [7, 11) is 1.67. The number of ether oxygens (including phenoxy) is 1. The third-order valence-corrected chi connectivity index (χ3v) is 2.98. The summed E-state index contributed by atoms with van der Waals surface area (Å²) in [6.45, 7) is 4.21. The molecule has 0 radical (unpaired) electrons. The average Bonchev–Trinajstić information content (AvgIpc) is 2.36. The van der Waals surface area contributed by atoms with E-state index in [4.69, 9.17) is 4.74 Å². The van der Waals surface area contributed by atoms with Crippen molar-refractivity contribution in [3.05, 3.63) is 53.1 Å². The number of hydrogen-bond acceptors (Lipinski definition) is 2. The first-order chi connectivity index (χ1) is 8.63. The van der Waals surface area contributed by atoms with Crippen molar-refractivity contribution in [1.82, 2.24) is 0 Å². The van der Waals surface area contributed by atoms with Crippen molar-refractivity contribution in [2.75, 3.05) is 7.11 Å². The maximum absolute atomic E-state index is 9.24. The highest BCUT2D eigenvalue weighted by Gasteiger charge is 2.07. The van der Waals surface area contributed by atoms with E-state index in [0.717, 1.165) is 22.4 Å². The van der Waals surface area contributed by atoms with Crippen LogP contribution in [0.3, 0.4) is 0 Å². The number of aliphatic hydroxyl groups excluding tert-OH is 1. The van der Waals surface area contributed by atoms with E-state index in [1.165, 1.54) is 11.1 Å². The Hall–Kier alpha value is -1.80. The molecule has 0 saturated heterocycles. The van der Waals surface area contributed by atoms with E-state index in [0.29, 0.717) is 0 Å². The Labute approximate surface area is 108 Å². The molecule has 0 fully saturated rings. The van der Waals surface area contributed by atoms with Crippen LogP contribution < -0.4 is 4.74 Å². The molecule has 0 amide bonds. The van der Waals surface area contributed by atoms with E-state index < -0.39 is 0 Å². The van der Waals surface area contributed by atoms with Crippen LogP contribution in [0.1, 0.15) is 16.7 Å². The molecule has 0 bridgehead atoms. The number of benzene rings is 2. The van der Waals surface area contributed by atoms with Gasteiger partial charge in [-0.05, 0) is 37.1 Å². The van der Waals surface area contributed by atoms with Crippen molar-refractivity contribution in [3.63, 3.8) is 0 Å². The van der Waals surface area contributed by atoms with Gasteiger partial charge in [-0.1, -0.05) is 35.4 Å². The predicted octanol–water partition coefficient (Wildman–Crippen LogP) is 3.47. The molecule has 2 rings (SSSR count). The first-order valence-corrected chi connectivity index (χ1v) is 6.00. The summed E-state index contributed by atoms with van der Waals surface area (Å²) in [5, 5.41) is 9.24. The molecule has 0 heterocycles. The van der Waals surface area contributed by atoms with Crippen LogP contribution in [0.25, 0.3) is 11.1 Å². The standard InChI is InChI=1S/C16H18O2/c1-11-6-12(2)8-14(7-11)15-9-13(10-17)4-5-16(15)18-3/h4-9,17H,10H2,1-3H3. The van der Waals surface area contributed by atoms with Gasteiger partial charge in [0, 0.05) is 5.56 Å². The van der Waals surface area contributed by atoms with Crippen LogP contribution in [0.4, 0.5) is 0 Å².